The number of phenolic OH excluding ortho intramolecular Hbond substituents is 1. The van der Waals surface area contributed by atoms with Gasteiger partial charge in [-0.3, -0.25) is 4.79 Å². The van der Waals surface area contributed by atoms with Crippen LogP contribution in [0.15, 0.2) is 54.6 Å². The zero-order chi connectivity index (χ0) is 13.0. The van der Waals surface area contributed by atoms with Crippen molar-refractivity contribution in [1.29, 1.82) is 0 Å². The Kier molecular flexibility index (Phi) is 3.53. The summed E-state index contributed by atoms with van der Waals surface area (Å²) in [5.74, 6) is -0.544. The third kappa shape index (κ3) is 3.04. The fourth-order valence-electron chi connectivity index (χ4n) is 1.54. The smallest absolute Gasteiger partial charge is 0.185 e. The molecule has 0 aliphatic rings. The maximum absolute atomic E-state index is 12.9. The van der Waals surface area contributed by atoms with Crippen molar-refractivity contribution < 1.29 is 14.3 Å². The van der Waals surface area contributed by atoms with E-state index in [1.165, 1.54) is 36.4 Å². The lowest BCUT2D eigenvalue weighted by atomic mass is 10.1. The van der Waals surface area contributed by atoms with Crippen LogP contribution in [-0.4, -0.2) is 10.9 Å². The average Bonchev–Trinajstić information content (AvgIpc) is 2.36. The number of carbonyl (C=O) groups is 1. The number of allylic oxidation sites excluding steroid dienone is 1. The van der Waals surface area contributed by atoms with Crippen molar-refractivity contribution in [2.45, 2.75) is 0 Å². The van der Waals surface area contributed by atoms with Gasteiger partial charge in [-0.25, -0.2) is 4.39 Å². The number of phenols is 1. The molecule has 0 saturated carbocycles. The molecule has 0 bridgehead atoms. The molecule has 0 aromatic heterocycles. The number of ketones is 1. The van der Waals surface area contributed by atoms with Gasteiger partial charge in [-0.1, -0.05) is 30.3 Å². The van der Waals surface area contributed by atoms with Gasteiger partial charge in [0.1, 0.15) is 11.6 Å². The van der Waals surface area contributed by atoms with Gasteiger partial charge >= 0.3 is 0 Å². The molecule has 0 aliphatic heterocycles. The number of carbonyl (C=O) groups excluding carboxylic acids is 1. The van der Waals surface area contributed by atoms with Crippen LogP contribution in [0.4, 0.5) is 4.39 Å². The molecular weight excluding hydrogens is 231 g/mol. The first kappa shape index (κ1) is 12.0. The minimum atomic E-state index is -0.345. The second-order valence-corrected chi connectivity index (χ2v) is 3.80. The number of aromatic hydroxyl groups is 1. The van der Waals surface area contributed by atoms with E-state index in [1.54, 1.807) is 24.3 Å². The number of rotatable bonds is 3. The molecule has 0 unspecified atom stereocenters. The average molecular weight is 242 g/mol. The predicted molar refractivity (Wildman–Crippen MR) is 67.9 cm³/mol. The zero-order valence-electron chi connectivity index (χ0n) is 9.51. The van der Waals surface area contributed by atoms with Gasteiger partial charge in [0.15, 0.2) is 5.78 Å². The first-order valence-electron chi connectivity index (χ1n) is 5.42. The second-order valence-electron chi connectivity index (χ2n) is 3.80. The largest absolute Gasteiger partial charge is 0.508 e. The van der Waals surface area contributed by atoms with Gasteiger partial charge in [-0.15, -0.1) is 0 Å². The Morgan fingerprint density at radius 2 is 1.89 bits per heavy atom. The second kappa shape index (κ2) is 5.27. The monoisotopic (exact) mass is 242 g/mol. The maximum atomic E-state index is 12.9. The van der Waals surface area contributed by atoms with Gasteiger partial charge in [0.05, 0.1) is 0 Å². The molecule has 2 rings (SSSR count). The SMILES string of the molecule is O=C(/C=C/c1cccc(F)c1)c1cccc(O)c1. The van der Waals surface area contributed by atoms with Crippen LogP contribution >= 0.6 is 0 Å². The van der Waals surface area contributed by atoms with E-state index in [4.69, 9.17) is 0 Å². The van der Waals surface area contributed by atoms with Crippen LogP contribution in [0.1, 0.15) is 15.9 Å². The first-order chi connectivity index (χ1) is 8.65. The summed E-state index contributed by atoms with van der Waals surface area (Å²) in [6.45, 7) is 0. The zero-order valence-corrected chi connectivity index (χ0v) is 9.51. The highest BCUT2D eigenvalue weighted by Gasteiger charge is 2.02. The van der Waals surface area contributed by atoms with Crippen LogP contribution in [0.2, 0.25) is 0 Å². The van der Waals surface area contributed by atoms with Crippen molar-refractivity contribution >= 4 is 11.9 Å². The van der Waals surface area contributed by atoms with Crippen molar-refractivity contribution in [2.24, 2.45) is 0 Å². The molecule has 0 amide bonds. The van der Waals surface area contributed by atoms with E-state index in [1.807, 2.05) is 0 Å². The van der Waals surface area contributed by atoms with E-state index < -0.39 is 0 Å². The maximum Gasteiger partial charge on any atom is 0.185 e. The molecule has 0 heterocycles. The summed E-state index contributed by atoms with van der Waals surface area (Å²) in [5.41, 5.74) is 1.01. The van der Waals surface area contributed by atoms with Crippen molar-refractivity contribution in [3.8, 4) is 5.75 Å². The molecule has 1 N–H and O–H groups in total. The molecular formula is C15H11FO2. The highest BCUT2D eigenvalue weighted by Crippen LogP contribution is 2.13. The Balaban J connectivity index is 2.17. The number of hydrogen-bond donors (Lipinski definition) is 1. The molecule has 90 valence electrons. The summed E-state index contributed by atoms with van der Waals surface area (Å²) in [6, 6.07) is 12.0. The fraction of sp³-hybridized carbons (Fsp3) is 0. The van der Waals surface area contributed by atoms with Crippen molar-refractivity contribution in [1.82, 2.24) is 0 Å². The molecule has 0 radical (unpaired) electrons. The van der Waals surface area contributed by atoms with Gasteiger partial charge in [-0.05, 0) is 35.9 Å². The van der Waals surface area contributed by atoms with E-state index in [0.717, 1.165) is 0 Å². The minimum Gasteiger partial charge on any atom is -0.508 e. The van der Waals surface area contributed by atoms with Gasteiger partial charge in [0.25, 0.3) is 0 Å². The van der Waals surface area contributed by atoms with Gasteiger partial charge < -0.3 is 5.11 Å². The van der Waals surface area contributed by atoms with Gasteiger partial charge in [0.2, 0.25) is 0 Å². The van der Waals surface area contributed by atoms with Crippen LogP contribution in [-0.2, 0) is 0 Å². The van der Waals surface area contributed by atoms with Gasteiger partial charge in [0, 0.05) is 5.56 Å². The Labute approximate surface area is 104 Å². The van der Waals surface area contributed by atoms with Crippen LogP contribution in [0.3, 0.4) is 0 Å². The Morgan fingerprint density at radius 3 is 2.61 bits per heavy atom. The molecule has 0 aliphatic carbocycles. The summed E-state index contributed by atoms with van der Waals surface area (Å²) in [7, 11) is 0. The summed E-state index contributed by atoms with van der Waals surface area (Å²) in [5, 5.41) is 9.26. The molecule has 3 heteroatoms. The molecule has 2 aromatic rings. The minimum absolute atomic E-state index is 0.0417. The third-order valence-corrected chi connectivity index (χ3v) is 2.41. The lowest BCUT2D eigenvalue weighted by molar-refractivity contribution is 0.104. The predicted octanol–water partition coefficient (Wildman–Crippen LogP) is 3.43. The van der Waals surface area contributed by atoms with Crippen LogP contribution in [0.25, 0.3) is 6.08 Å². The lowest BCUT2D eigenvalue weighted by Crippen LogP contribution is -1.93. The highest BCUT2D eigenvalue weighted by molar-refractivity contribution is 6.07. The van der Waals surface area contributed by atoms with E-state index in [-0.39, 0.29) is 17.3 Å². The summed E-state index contributed by atoms with van der Waals surface area (Å²) >= 11 is 0. The molecule has 0 saturated heterocycles. The summed E-state index contributed by atoms with van der Waals surface area (Å²) in [4.78, 5) is 11.8. The van der Waals surface area contributed by atoms with Crippen LogP contribution in [0.5, 0.6) is 5.75 Å². The van der Waals surface area contributed by atoms with E-state index >= 15 is 0 Å². The highest BCUT2D eigenvalue weighted by atomic mass is 19.1. The standard InChI is InChI=1S/C15H11FO2/c16-13-5-1-3-11(9-13)7-8-15(18)12-4-2-6-14(17)10-12/h1-10,17H/b8-7+. The summed E-state index contributed by atoms with van der Waals surface area (Å²) in [6.07, 6.45) is 2.89. The molecule has 0 fully saturated rings. The first-order valence-corrected chi connectivity index (χ1v) is 5.42. The van der Waals surface area contributed by atoms with E-state index in [9.17, 15) is 14.3 Å². The molecule has 18 heavy (non-hydrogen) atoms. The van der Waals surface area contributed by atoms with Crippen molar-refractivity contribution in [2.75, 3.05) is 0 Å². The third-order valence-electron chi connectivity index (χ3n) is 2.41. The Morgan fingerprint density at radius 1 is 1.11 bits per heavy atom. The fourth-order valence-corrected chi connectivity index (χ4v) is 1.54. The van der Waals surface area contributed by atoms with Crippen LogP contribution < -0.4 is 0 Å². The van der Waals surface area contributed by atoms with Crippen molar-refractivity contribution in [3.63, 3.8) is 0 Å². The molecule has 0 atom stereocenters. The molecule has 0 spiro atoms. The molecule has 2 nitrogen and oxygen atoms in total. The lowest BCUT2D eigenvalue weighted by Gasteiger charge is -1.97. The topological polar surface area (TPSA) is 37.3 Å². The Bertz CT molecular complexity index is 603. The van der Waals surface area contributed by atoms with E-state index in [2.05, 4.69) is 0 Å². The van der Waals surface area contributed by atoms with E-state index in [0.29, 0.717) is 11.1 Å². The van der Waals surface area contributed by atoms with Crippen LogP contribution in [0, 0.1) is 5.82 Å². The number of hydrogen-bond acceptors (Lipinski definition) is 2. The number of halogens is 1. The Hall–Kier alpha value is -2.42. The quantitative estimate of drug-likeness (QED) is 0.661. The normalized spacial score (nSPS) is 10.7. The number of benzene rings is 2. The summed E-state index contributed by atoms with van der Waals surface area (Å²) < 4.78 is 12.9. The molecule has 2 aromatic carbocycles. The van der Waals surface area contributed by atoms with Gasteiger partial charge in [-0.2, -0.15) is 0 Å². The van der Waals surface area contributed by atoms with Crippen molar-refractivity contribution in [3.05, 3.63) is 71.6 Å².